The zero-order valence-electron chi connectivity index (χ0n) is 21.5. The zero-order valence-corrected chi connectivity index (χ0v) is 22.3. The average molecular weight is 552 g/mol. The zero-order chi connectivity index (χ0) is 27.8. The molecule has 0 saturated carbocycles. The van der Waals surface area contributed by atoms with Crippen LogP contribution in [0.2, 0.25) is 0 Å². The third-order valence-corrected chi connectivity index (χ3v) is 6.73. The van der Waals surface area contributed by atoms with Gasteiger partial charge in [-0.3, -0.25) is 4.79 Å². The smallest absolute Gasteiger partial charge is 0.238 e. The van der Waals surface area contributed by atoms with E-state index in [1.54, 1.807) is 20.3 Å². The van der Waals surface area contributed by atoms with Crippen molar-refractivity contribution in [3.63, 3.8) is 0 Å². The molecule has 4 aromatic rings. The highest BCUT2D eigenvalue weighted by atomic mass is 32.2. The van der Waals surface area contributed by atoms with Gasteiger partial charge < -0.3 is 24.8 Å². The molecule has 1 aromatic heterocycles. The largest absolute Gasteiger partial charge is 0.495 e. The summed E-state index contributed by atoms with van der Waals surface area (Å²) in [6, 6.07) is 16.8. The first-order chi connectivity index (χ1) is 18.8. The molecule has 39 heavy (non-hydrogen) atoms. The monoisotopic (exact) mass is 551 g/mol. The quantitative estimate of drug-likeness (QED) is 0.219. The molecule has 0 aliphatic heterocycles. The highest BCUT2D eigenvalue weighted by molar-refractivity contribution is 7.89. The summed E-state index contributed by atoms with van der Waals surface area (Å²) in [5, 5.41) is 11.9. The van der Waals surface area contributed by atoms with Gasteiger partial charge in [0, 0.05) is 23.6 Å². The summed E-state index contributed by atoms with van der Waals surface area (Å²) in [4.78, 5) is 21.0. The first-order valence-electron chi connectivity index (χ1n) is 12.1. The Kier molecular flexibility index (Phi) is 8.79. The van der Waals surface area contributed by atoms with Gasteiger partial charge >= 0.3 is 0 Å². The molecule has 0 unspecified atom stereocenters. The van der Waals surface area contributed by atoms with E-state index in [1.807, 2.05) is 30.3 Å². The predicted octanol–water partition coefficient (Wildman–Crippen LogP) is 4.23. The van der Waals surface area contributed by atoms with Gasteiger partial charge in [0.1, 0.15) is 17.9 Å². The van der Waals surface area contributed by atoms with E-state index >= 15 is 0 Å². The lowest BCUT2D eigenvalue weighted by molar-refractivity contribution is -0.116. The van der Waals surface area contributed by atoms with Gasteiger partial charge in [0.25, 0.3) is 0 Å². The molecule has 0 fully saturated rings. The minimum absolute atomic E-state index is 0.0176. The van der Waals surface area contributed by atoms with E-state index < -0.39 is 10.0 Å². The molecule has 0 saturated heterocycles. The Morgan fingerprint density at radius 2 is 1.67 bits per heavy atom. The number of sulfonamides is 1. The summed E-state index contributed by atoms with van der Waals surface area (Å²) in [6.07, 6.45) is 2.95. The summed E-state index contributed by atoms with van der Waals surface area (Å²) in [5.74, 6) is 2.14. The number of nitrogens with two attached hydrogens (primary N) is 1. The van der Waals surface area contributed by atoms with Crippen molar-refractivity contribution < 1.29 is 27.4 Å². The van der Waals surface area contributed by atoms with Crippen LogP contribution in [-0.2, 0) is 14.8 Å². The Bertz CT molecular complexity index is 1560. The maximum atomic E-state index is 12.3. The number of benzene rings is 3. The number of unbranched alkanes of at least 4 members (excludes halogenated alkanes) is 1. The van der Waals surface area contributed by atoms with Crippen LogP contribution in [0.15, 0.2) is 71.9 Å². The molecular weight excluding hydrogens is 522 g/mol. The van der Waals surface area contributed by atoms with Crippen molar-refractivity contribution in [2.24, 2.45) is 5.14 Å². The molecule has 0 bridgehead atoms. The Morgan fingerprint density at radius 3 is 2.38 bits per heavy atom. The number of aromatic nitrogens is 2. The third-order valence-electron chi connectivity index (χ3n) is 5.80. The number of nitrogens with zero attached hydrogens (tertiary/aromatic N) is 2. The highest BCUT2D eigenvalue weighted by Gasteiger charge is 2.14. The molecule has 12 heteroatoms. The Hall–Kier alpha value is -4.42. The van der Waals surface area contributed by atoms with Crippen molar-refractivity contribution in [3.05, 3.63) is 67.0 Å². The van der Waals surface area contributed by atoms with Gasteiger partial charge in [0.15, 0.2) is 11.5 Å². The fourth-order valence-corrected chi connectivity index (χ4v) is 4.35. The van der Waals surface area contributed by atoms with Crippen LogP contribution in [0.25, 0.3) is 10.9 Å². The van der Waals surface area contributed by atoms with Gasteiger partial charge in [-0.1, -0.05) is 12.1 Å². The Morgan fingerprint density at radius 1 is 0.923 bits per heavy atom. The predicted molar refractivity (Wildman–Crippen MR) is 148 cm³/mol. The standard InChI is InChI=1S/C27H29N5O6S/c1-36-23-8-4-3-7-21(23)32-27-20-15-25(24(37-2)16-22(20)29-17-30-27)38-14-6-5-9-26(33)31-18-10-12-19(13-11-18)39(28,34)35/h3-4,7-8,10-13,15-17H,5-6,9,14H2,1-2H3,(H,31,33)(H2,28,34,35)(H,29,30,32). The van der Waals surface area contributed by atoms with Crippen molar-refractivity contribution in [2.45, 2.75) is 24.2 Å². The Labute approximate surface area is 226 Å². The number of primary sulfonamides is 1. The number of anilines is 3. The van der Waals surface area contributed by atoms with Crippen molar-refractivity contribution in [1.82, 2.24) is 9.97 Å². The van der Waals surface area contributed by atoms with Crippen LogP contribution in [-0.4, -0.2) is 45.1 Å². The van der Waals surface area contributed by atoms with Crippen LogP contribution >= 0.6 is 0 Å². The van der Waals surface area contributed by atoms with Crippen LogP contribution in [0.1, 0.15) is 19.3 Å². The molecule has 0 aliphatic rings. The molecule has 1 heterocycles. The Balaban J connectivity index is 1.35. The lowest BCUT2D eigenvalue weighted by Crippen LogP contribution is -2.13. The molecule has 3 aromatic carbocycles. The van der Waals surface area contributed by atoms with E-state index in [1.165, 1.54) is 30.6 Å². The second-order valence-electron chi connectivity index (χ2n) is 8.49. The van der Waals surface area contributed by atoms with E-state index in [0.717, 1.165) is 11.1 Å². The normalized spacial score (nSPS) is 11.2. The molecule has 11 nitrogen and oxygen atoms in total. The number of para-hydroxylation sites is 2. The number of fused-ring (bicyclic) bond motifs is 1. The summed E-state index contributed by atoms with van der Waals surface area (Å²) in [6.45, 7) is 0.362. The maximum absolute atomic E-state index is 12.3. The molecule has 0 radical (unpaired) electrons. The molecular formula is C27H29N5O6S. The number of rotatable bonds is 12. The van der Waals surface area contributed by atoms with E-state index in [-0.39, 0.29) is 17.2 Å². The highest BCUT2D eigenvalue weighted by Crippen LogP contribution is 2.36. The fraction of sp³-hybridized carbons (Fsp3) is 0.222. The molecule has 0 spiro atoms. The van der Waals surface area contributed by atoms with Crippen LogP contribution in [0.3, 0.4) is 0 Å². The fourth-order valence-electron chi connectivity index (χ4n) is 3.83. The number of ether oxygens (including phenoxy) is 3. The van der Waals surface area contributed by atoms with Crippen LogP contribution in [0.5, 0.6) is 17.2 Å². The van der Waals surface area contributed by atoms with Gasteiger partial charge in [-0.05, 0) is 55.3 Å². The van der Waals surface area contributed by atoms with Gasteiger partial charge in [-0.15, -0.1) is 0 Å². The van der Waals surface area contributed by atoms with E-state index in [2.05, 4.69) is 20.6 Å². The SMILES string of the molecule is COc1ccccc1Nc1ncnc2cc(OC)c(OCCCCC(=O)Nc3ccc(S(N)(=O)=O)cc3)cc12. The minimum atomic E-state index is -3.78. The number of hydrogen-bond acceptors (Lipinski definition) is 9. The molecule has 0 atom stereocenters. The first kappa shape index (κ1) is 27.6. The summed E-state index contributed by atoms with van der Waals surface area (Å²) >= 11 is 0. The molecule has 4 N–H and O–H groups in total. The molecule has 0 aliphatic carbocycles. The van der Waals surface area contributed by atoms with E-state index in [0.29, 0.717) is 53.7 Å². The van der Waals surface area contributed by atoms with Crippen LogP contribution in [0, 0.1) is 0 Å². The van der Waals surface area contributed by atoms with Crippen LogP contribution in [0.4, 0.5) is 17.2 Å². The minimum Gasteiger partial charge on any atom is -0.495 e. The summed E-state index contributed by atoms with van der Waals surface area (Å²) in [7, 11) is -0.617. The molecule has 204 valence electrons. The van der Waals surface area contributed by atoms with Gasteiger partial charge in [-0.2, -0.15) is 0 Å². The third kappa shape index (κ3) is 7.12. The van der Waals surface area contributed by atoms with Gasteiger partial charge in [0.2, 0.25) is 15.9 Å². The number of carbonyl (C=O) groups is 1. The van der Waals surface area contributed by atoms with Gasteiger partial charge in [-0.25, -0.2) is 23.5 Å². The topological polar surface area (TPSA) is 155 Å². The lowest BCUT2D eigenvalue weighted by atomic mass is 10.2. The number of carbonyl (C=O) groups excluding carboxylic acids is 1. The lowest BCUT2D eigenvalue weighted by Gasteiger charge is -2.15. The van der Waals surface area contributed by atoms with Crippen molar-refractivity contribution in [3.8, 4) is 17.2 Å². The second-order valence-corrected chi connectivity index (χ2v) is 10.1. The number of nitrogens with one attached hydrogen (secondary N) is 2. The second kappa shape index (κ2) is 12.4. The molecule has 1 amide bonds. The number of amides is 1. The van der Waals surface area contributed by atoms with Crippen LogP contribution < -0.4 is 30.0 Å². The first-order valence-corrected chi connectivity index (χ1v) is 13.6. The van der Waals surface area contributed by atoms with Crippen molar-refractivity contribution in [2.75, 3.05) is 31.5 Å². The van der Waals surface area contributed by atoms with E-state index in [9.17, 15) is 13.2 Å². The van der Waals surface area contributed by atoms with E-state index in [4.69, 9.17) is 19.3 Å². The number of hydrogen-bond donors (Lipinski definition) is 3. The number of methoxy groups -OCH3 is 2. The van der Waals surface area contributed by atoms with Gasteiger partial charge in [0.05, 0.1) is 36.9 Å². The molecule has 4 rings (SSSR count). The maximum Gasteiger partial charge on any atom is 0.238 e. The summed E-state index contributed by atoms with van der Waals surface area (Å²) < 4.78 is 39.6. The summed E-state index contributed by atoms with van der Waals surface area (Å²) in [5.41, 5.74) is 1.93. The average Bonchev–Trinajstić information content (AvgIpc) is 2.92. The van der Waals surface area contributed by atoms with Crippen molar-refractivity contribution in [1.29, 1.82) is 0 Å². The van der Waals surface area contributed by atoms with Crippen molar-refractivity contribution >= 4 is 44.0 Å².